The molecule has 1 aliphatic rings. The van der Waals surface area contributed by atoms with Crippen molar-refractivity contribution in [1.82, 2.24) is 9.97 Å². The summed E-state index contributed by atoms with van der Waals surface area (Å²) in [6, 6.07) is 3.82. The Labute approximate surface area is 147 Å². The molecule has 2 aromatic rings. The number of thiophene rings is 1. The van der Waals surface area contributed by atoms with E-state index in [4.69, 9.17) is 4.74 Å². The van der Waals surface area contributed by atoms with E-state index in [0.29, 0.717) is 27.8 Å². The summed E-state index contributed by atoms with van der Waals surface area (Å²) in [7, 11) is 0. The molecule has 6 nitrogen and oxygen atoms in total. The summed E-state index contributed by atoms with van der Waals surface area (Å²) in [5.74, 6) is -0.403. The summed E-state index contributed by atoms with van der Waals surface area (Å²) in [4.78, 5) is 33.3. The molecule has 3 heterocycles. The van der Waals surface area contributed by atoms with E-state index >= 15 is 0 Å². The Kier molecular flexibility index (Phi) is 4.77. The first-order valence-electron chi connectivity index (χ1n) is 7.43. The molecule has 1 unspecified atom stereocenters. The summed E-state index contributed by atoms with van der Waals surface area (Å²) in [6.45, 7) is 3.84. The molecule has 2 N–H and O–H groups in total. The second-order valence-corrected chi connectivity index (χ2v) is 6.94. The monoisotopic (exact) mass is 363 g/mol. The van der Waals surface area contributed by atoms with Gasteiger partial charge in [-0.3, -0.25) is 4.79 Å². The van der Waals surface area contributed by atoms with Crippen molar-refractivity contribution in [3.8, 4) is 0 Å². The van der Waals surface area contributed by atoms with E-state index in [0.717, 1.165) is 4.88 Å². The van der Waals surface area contributed by atoms with Crippen LogP contribution in [0.2, 0.25) is 0 Å². The van der Waals surface area contributed by atoms with Crippen molar-refractivity contribution < 1.29 is 9.53 Å². The van der Waals surface area contributed by atoms with Crippen LogP contribution in [0, 0.1) is 0 Å². The Morgan fingerprint density at radius 3 is 2.92 bits per heavy atom. The lowest BCUT2D eigenvalue weighted by atomic mass is 9.86. The van der Waals surface area contributed by atoms with E-state index in [1.54, 1.807) is 13.8 Å². The number of carbonyl (C=O) groups excluding carboxylic acids is 1. The summed E-state index contributed by atoms with van der Waals surface area (Å²) >= 11 is 2.86. The van der Waals surface area contributed by atoms with Crippen LogP contribution in [0.5, 0.6) is 0 Å². The van der Waals surface area contributed by atoms with Gasteiger partial charge in [0.2, 0.25) is 0 Å². The van der Waals surface area contributed by atoms with E-state index in [1.807, 2.05) is 23.8 Å². The molecule has 0 saturated heterocycles. The van der Waals surface area contributed by atoms with Gasteiger partial charge in [-0.1, -0.05) is 17.8 Å². The topological polar surface area (TPSA) is 84.1 Å². The van der Waals surface area contributed by atoms with Crippen molar-refractivity contribution in [2.45, 2.75) is 24.9 Å². The molecule has 0 bridgehead atoms. The Morgan fingerprint density at radius 1 is 1.50 bits per heavy atom. The highest BCUT2D eigenvalue weighted by atomic mass is 32.2. The zero-order valence-electron chi connectivity index (χ0n) is 13.5. The second-order valence-electron chi connectivity index (χ2n) is 5.17. The first-order chi connectivity index (χ1) is 11.6. The van der Waals surface area contributed by atoms with E-state index < -0.39 is 11.9 Å². The Bertz CT molecular complexity index is 856. The van der Waals surface area contributed by atoms with Crippen molar-refractivity contribution in [1.29, 1.82) is 0 Å². The molecule has 1 aliphatic heterocycles. The average Bonchev–Trinajstić information content (AvgIpc) is 3.07. The van der Waals surface area contributed by atoms with Crippen molar-refractivity contribution in [3.63, 3.8) is 0 Å². The molecule has 0 spiro atoms. The van der Waals surface area contributed by atoms with Gasteiger partial charge in [0.1, 0.15) is 5.82 Å². The van der Waals surface area contributed by atoms with Gasteiger partial charge in [-0.15, -0.1) is 11.3 Å². The molecular formula is C16H17N3O3S2. The lowest BCUT2D eigenvalue weighted by Gasteiger charge is -2.27. The summed E-state index contributed by atoms with van der Waals surface area (Å²) in [5.41, 5.74) is 1.31. The van der Waals surface area contributed by atoms with Gasteiger partial charge in [-0.25, -0.2) is 9.78 Å². The van der Waals surface area contributed by atoms with Crippen LogP contribution in [0.3, 0.4) is 0 Å². The number of hydrogen-bond donors (Lipinski definition) is 2. The van der Waals surface area contributed by atoms with Crippen LogP contribution in [0.4, 0.5) is 5.82 Å². The Morgan fingerprint density at radius 2 is 2.29 bits per heavy atom. The van der Waals surface area contributed by atoms with E-state index in [1.165, 1.54) is 23.1 Å². The van der Waals surface area contributed by atoms with E-state index in [-0.39, 0.29) is 12.2 Å². The number of H-pyrrole nitrogens is 1. The van der Waals surface area contributed by atoms with Gasteiger partial charge in [0, 0.05) is 10.6 Å². The van der Waals surface area contributed by atoms with Crippen LogP contribution < -0.4 is 10.9 Å². The lowest BCUT2D eigenvalue weighted by Crippen LogP contribution is -2.30. The van der Waals surface area contributed by atoms with Crippen LogP contribution in [-0.2, 0) is 9.53 Å². The van der Waals surface area contributed by atoms with Gasteiger partial charge in [0.25, 0.3) is 5.56 Å². The number of esters is 1. The molecule has 2 aromatic heterocycles. The fraction of sp³-hybridized carbons (Fsp3) is 0.312. The number of thioether (sulfide) groups is 1. The van der Waals surface area contributed by atoms with Gasteiger partial charge >= 0.3 is 5.97 Å². The molecule has 0 aliphatic carbocycles. The number of nitrogens with zero attached hydrogens (tertiary/aromatic N) is 1. The fourth-order valence-corrected chi connectivity index (χ4v) is 3.97. The first kappa shape index (κ1) is 16.8. The molecular weight excluding hydrogens is 346 g/mol. The quantitative estimate of drug-likeness (QED) is 0.494. The number of rotatable bonds is 4. The third-order valence-electron chi connectivity index (χ3n) is 3.74. The predicted molar refractivity (Wildman–Crippen MR) is 95.8 cm³/mol. The number of nitrogens with one attached hydrogen (secondary N) is 2. The van der Waals surface area contributed by atoms with Gasteiger partial charge < -0.3 is 15.0 Å². The Balaban J connectivity index is 2.23. The van der Waals surface area contributed by atoms with Crippen LogP contribution >= 0.6 is 23.1 Å². The standard InChI is InChI=1S/C16H17N3O3S2/c1-4-22-15(21)10-8(2)17-13-12(11(10)9-6-5-7-24-9)14(20)19-16(18-13)23-3/h5-7,11H,4H2,1-3H3,(H2,17,18,19,20). The number of hydrogen-bond acceptors (Lipinski definition) is 7. The minimum Gasteiger partial charge on any atom is -0.463 e. The summed E-state index contributed by atoms with van der Waals surface area (Å²) in [5, 5.41) is 5.55. The van der Waals surface area contributed by atoms with Crippen molar-refractivity contribution >= 4 is 34.9 Å². The van der Waals surface area contributed by atoms with Crippen LogP contribution in [0.25, 0.3) is 0 Å². The zero-order valence-corrected chi connectivity index (χ0v) is 15.1. The SMILES string of the molecule is CCOC(=O)C1=C(C)Nc2nc(SC)[nH]c(=O)c2C1c1cccs1. The summed E-state index contributed by atoms with van der Waals surface area (Å²) < 4.78 is 5.21. The maximum Gasteiger partial charge on any atom is 0.336 e. The molecule has 1 atom stereocenters. The van der Waals surface area contributed by atoms with Crippen LogP contribution in [0.15, 0.2) is 38.7 Å². The third kappa shape index (κ3) is 2.87. The van der Waals surface area contributed by atoms with E-state index in [9.17, 15) is 9.59 Å². The zero-order chi connectivity index (χ0) is 17.3. The smallest absolute Gasteiger partial charge is 0.336 e. The molecule has 24 heavy (non-hydrogen) atoms. The first-order valence-corrected chi connectivity index (χ1v) is 9.53. The number of carbonyl (C=O) groups is 1. The molecule has 0 amide bonds. The number of ether oxygens (including phenoxy) is 1. The maximum atomic E-state index is 12.7. The highest BCUT2D eigenvalue weighted by Crippen LogP contribution is 2.41. The maximum absolute atomic E-state index is 12.7. The molecule has 0 saturated carbocycles. The molecule has 0 fully saturated rings. The molecule has 0 radical (unpaired) electrons. The number of aromatic amines is 1. The van der Waals surface area contributed by atoms with Gasteiger partial charge in [0.15, 0.2) is 5.16 Å². The normalized spacial score (nSPS) is 16.5. The largest absolute Gasteiger partial charge is 0.463 e. The fourth-order valence-electron chi connectivity index (χ4n) is 2.75. The average molecular weight is 363 g/mol. The summed E-state index contributed by atoms with van der Waals surface area (Å²) in [6.07, 6.45) is 1.84. The van der Waals surface area contributed by atoms with Gasteiger partial charge in [-0.05, 0) is 31.5 Å². The van der Waals surface area contributed by atoms with Crippen LogP contribution in [-0.4, -0.2) is 28.8 Å². The number of aromatic nitrogens is 2. The number of allylic oxidation sites excluding steroid dienone is 1. The third-order valence-corrected chi connectivity index (χ3v) is 5.25. The Hall–Kier alpha value is -2.06. The molecule has 3 rings (SSSR count). The van der Waals surface area contributed by atoms with Gasteiger partial charge in [0.05, 0.1) is 23.7 Å². The molecule has 8 heteroatoms. The minimum absolute atomic E-state index is 0.246. The molecule has 0 aromatic carbocycles. The highest BCUT2D eigenvalue weighted by Gasteiger charge is 2.36. The van der Waals surface area contributed by atoms with Crippen molar-refractivity contribution in [2.75, 3.05) is 18.2 Å². The van der Waals surface area contributed by atoms with Crippen molar-refractivity contribution in [2.24, 2.45) is 0 Å². The second kappa shape index (κ2) is 6.82. The highest BCUT2D eigenvalue weighted by molar-refractivity contribution is 7.98. The number of anilines is 1. The predicted octanol–water partition coefficient (Wildman–Crippen LogP) is 2.95. The van der Waals surface area contributed by atoms with E-state index in [2.05, 4.69) is 15.3 Å². The van der Waals surface area contributed by atoms with Crippen LogP contribution in [0.1, 0.15) is 30.2 Å². The van der Waals surface area contributed by atoms with Crippen molar-refractivity contribution in [3.05, 3.63) is 49.6 Å². The number of fused-ring (bicyclic) bond motifs is 1. The molecule has 126 valence electrons. The minimum atomic E-state index is -0.479. The van der Waals surface area contributed by atoms with Gasteiger partial charge in [-0.2, -0.15) is 0 Å². The lowest BCUT2D eigenvalue weighted by molar-refractivity contribution is -0.138.